The zero-order valence-electron chi connectivity index (χ0n) is 15.4. The van der Waals surface area contributed by atoms with Crippen LogP contribution < -0.4 is 10.1 Å². The van der Waals surface area contributed by atoms with Gasteiger partial charge in [-0.25, -0.2) is 0 Å². The minimum atomic E-state index is 0.0956. The van der Waals surface area contributed by atoms with Crippen molar-refractivity contribution in [1.82, 2.24) is 4.90 Å². The number of rotatable bonds is 7. The monoisotopic (exact) mass is 353 g/mol. The Morgan fingerprint density at radius 3 is 2.69 bits per heavy atom. The van der Waals surface area contributed by atoms with E-state index < -0.39 is 0 Å². The first-order valence-corrected chi connectivity index (χ1v) is 8.74. The zero-order chi connectivity index (χ0) is 18.5. The molecule has 0 aliphatic carbocycles. The van der Waals surface area contributed by atoms with Gasteiger partial charge in [0.15, 0.2) is 12.3 Å². The van der Waals surface area contributed by atoms with Crippen LogP contribution in [-0.4, -0.2) is 31.5 Å². The molecule has 0 saturated heterocycles. The maximum absolute atomic E-state index is 12.4. The number of furan rings is 1. The summed E-state index contributed by atoms with van der Waals surface area (Å²) in [7, 11) is 3.51. The van der Waals surface area contributed by atoms with Gasteiger partial charge in [0.2, 0.25) is 0 Å². The average molecular weight is 353 g/mol. The van der Waals surface area contributed by atoms with Gasteiger partial charge < -0.3 is 19.4 Å². The molecule has 0 unspecified atom stereocenters. The van der Waals surface area contributed by atoms with Gasteiger partial charge in [0.1, 0.15) is 11.8 Å². The molecule has 1 heterocycles. The second-order valence-corrected chi connectivity index (χ2v) is 6.54. The molecule has 1 atom stereocenters. The van der Waals surface area contributed by atoms with Crippen molar-refractivity contribution in [2.75, 3.05) is 20.7 Å². The van der Waals surface area contributed by atoms with E-state index in [-0.39, 0.29) is 11.9 Å². The van der Waals surface area contributed by atoms with Crippen LogP contribution in [0.1, 0.15) is 24.3 Å². The summed E-state index contributed by atoms with van der Waals surface area (Å²) in [6.07, 6.45) is 1.66. The number of quaternary nitrogens is 1. The largest absolute Gasteiger partial charge is 0.497 e. The normalized spacial score (nSPS) is 12.1. The minimum absolute atomic E-state index is 0.0956. The highest BCUT2D eigenvalue weighted by molar-refractivity contribution is 5.84. The van der Waals surface area contributed by atoms with E-state index in [4.69, 9.17) is 9.15 Å². The SMILES string of the molecule is COc1ccc2cc(CN(C)C(=O)C[NH2+][C@H](C)c3ccco3)ccc2c1. The molecule has 0 aliphatic heterocycles. The molecule has 1 amide bonds. The molecular weight excluding hydrogens is 328 g/mol. The quantitative estimate of drug-likeness (QED) is 0.710. The van der Waals surface area contributed by atoms with Crippen LogP contribution in [0.25, 0.3) is 10.8 Å². The van der Waals surface area contributed by atoms with Crippen molar-refractivity contribution in [2.24, 2.45) is 0 Å². The van der Waals surface area contributed by atoms with Crippen molar-refractivity contribution in [3.05, 3.63) is 66.1 Å². The summed E-state index contributed by atoms with van der Waals surface area (Å²) in [5, 5.41) is 4.26. The summed E-state index contributed by atoms with van der Waals surface area (Å²) in [4.78, 5) is 14.2. The van der Waals surface area contributed by atoms with Crippen LogP contribution in [0.3, 0.4) is 0 Å². The van der Waals surface area contributed by atoms with Gasteiger partial charge in [-0.1, -0.05) is 18.2 Å². The van der Waals surface area contributed by atoms with Crippen molar-refractivity contribution >= 4 is 16.7 Å². The molecule has 2 N–H and O–H groups in total. The van der Waals surface area contributed by atoms with Crippen LogP contribution >= 0.6 is 0 Å². The van der Waals surface area contributed by atoms with Gasteiger partial charge in [-0.15, -0.1) is 0 Å². The Morgan fingerprint density at radius 1 is 1.19 bits per heavy atom. The molecule has 26 heavy (non-hydrogen) atoms. The first-order chi connectivity index (χ1) is 12.6. The number of benzene rings is 2. The van der Waals surface area contributed by atoms with Crippen LogP contribution in [0.4, 0.5) is 0 Å². The second kappa shape index (κ2) is 8.06. The molecule has 3 rings (SSSR count). The molecule has 0 spiro atoms. The van der Waals surface area contributed by atoms with E-state index in [1.54, 1.807) is 18.3 Å². The van der Waals surface area contributed by atoms with Crippen LogP contribution in [0.2, 0.25) is 0 Å². The van der Waals surface area contributed by atoms with Crippen LogP contribution in [0, 0.1) is 0 Å². The fourth-order valence-electron chi connectivity index (χ4n) is 2.96. The van der Waals surface area contributed by atoms with Gasteiger partial charge in [0.25, 0.3) is 5.91 Å². The lowest BCUT2D eigenvalue weighted by Crippen LogP contribution is -2.86. The number of amides is 1. The van der Waals surface area contributed by atoms with E-state index in [0.29, 0.717) is 13.1 Å². The molecular formula is C21H25N2O3+. The van der Waals surface area contributed by atoms with E-state index >= 15 is 0 Å². The maximum atomic E-state index is 12.4. The minimum Gasteiger partial charge on any atom is -0.497 e. The molecule has 136 valence electrons. The van der Waals surface area contributed by atoms with E-state index in [0.717, 1.165) is 27.8 Å². The standard InChI is InChI=1S/C21H24N2O3/c1-15(20-5-4-10-26-20)22-13-21(24)23(2)14-16-6-7-18-12-19(25-3)9-8-17(18)11-16/h4-12,15,22H,13-14H2,1-3H3/p+1/t15-/m1/s1. The predicted molar refractivity (Wildman–Crippen MR) is 101 cm³/mol. The summed E-state index contributed by atoms with van der Waals surface area (Å²) in [6, 6.07) is 16.2. The van der Waals surface area contributed by atoms with E-state index in [1.165, 1.54) is 0 Å². The van der Waals surface area contributed by atoms with Gasteiger partial charge in [0, 0.05) is 13.6 Å². The highest BCUT2D eigenvalue weighted by atomic mass is 16.5. The summed E-state index contributed by atoms with van der Waals surface area (Å²) in [6.45, 7) is 3.01. The van der Waals surface area contributed by atoms with E-state index in [1.807, 2.05) is 49.6 Å². The van der Waals surface area contributed by atoms with Crippen LogP contribution in [0.5, 0.6) is 5.75 Å². The molecule has 5 nitrogen and oxygen atoms in total. The average Bonchev–Trinajstić information content (AvgIpc) is 3.20. The lowest BCUT2D eigenvalue weighted by molar-refractivity contribution is -0.685. The number of likely N-dealkylation sites (N-methyl/N-ethyl adjacent to an activating group) is 1. The van der Waals surface area contributed by atoms with Crippen molar-refractivity contribution < 1.29 is 19.3 Å². The number of hydrogen-bond donors (Lipinski definition) is 1. The lowest BCUT2D eigenvalue weighted by atomic mass is 10.1. The molecule has 0 radical (unpaired) electrons. The Kier molecular flexibility index (Phi) is 5.58. The Balaban J connectivity index is 1.59. The number of carbonyl (C=O) groups excluding carboxylic acids is 1. The summed E-state index contributed by atoms with van der Waals surface area (Å²) < 4.78 is 10.6. The number of fused-ring (bicyclic) bond motifs is 1. The molecule has 0 saturated carbocycles. The van der Waals surface area contributed by atoms with Crippen LogP contribution in [0.15, 0.2) is 59.2 Å². The number of methoxy groups -OCH3 is 1. The van der Waals surface area contributed by atoms with Gasteiger partial charge in [-0.3, -0.25) is 4.79 Å². The van der Waals surface area contributed by atoms with E-state index in [2.05, 4.69) is 18.2 Å². The summed E-state index contributed by atoms with van der Waals surface area (Å²) in [5.41, 5.74) is 1.11. The van der Waals surface area contributed by atoms with Crippen LogP contribution in [-0.2, 0) is 11.3 Å². The lowest BCUT2D eigenvalue weighted by Gasteiger charge is -2.18. The summed E-state index contributed by atoms with van der Waals surface area (Å²) >= 11 is 0. The molecule has 2 aromatic carbocycles. The van der Waals surface area contributed by atoms with Crippen molar-refractivity contribution in [3.63, 3.8) is 0 Å². The molecule has 0 fully saturated rings. The number of carbonyl (C=O) groups is 1. The smallest absolute Gasteiger partial charge is 0.277 e. The second-order valence-electron chi connectivity index (χ2n) is 6.54. The number of nitrogens with two attached hydrogens (primary N) is 1. The third-order valence-electron chi connectivity index (χ3n) is 4.60. The fourth-order valence-corrected chi connectivity index (χ4v) is 2.96. The first kappa shape index (κ1) is 18.0. The van der Waals surface area contributed by atoms with Gasteiger partial charge in [-0.2, -0.15) is 0 Å². The topological polar surface area (TPSA) is 59.3 Å². The third kappa shape index (κ3) is 4.24. The van der Waals surface area contributed by atoms with Crippen molar-refractivity contribution in [2.45, 2.75) is 19.5 Å². The Labute approximate surface area is 153 Å². The maximum Gasteiger partial charge on any atom is 0.277 e. The Bertz CT molecular complexity index is 874. The molecule has 3 aromatic rings. The first-order valence-electron chi connectivity index (χ1n) is 8.74. The van der Waals surface area contributed by atoms with E-state index in [9.17, 15) is 4.79 Å². The number of nitrogens with zero attached hydrogens (tertiary/aromatic N) is 1. The number of hydrogen-bond acceptors (Lipinski definition) is 3. The Hall–Kier alpha value is -2.79. The predicted octanol–water partition coefficient (Wildman–Crippen LogP) is 2.72. The van der Waals surface area contributed by atoms with Crippen molar-refractivity contribution in [1.29, 1.82) is 0 Å². The van der Waals surface area contributed by atoms with Gasteiger partial charge >= 0.3 is 0 Å². The zero-order valence-corrected chi connectivity index (χ0v) is 15.4. The highest BCUT2D eigenvalue weighted by Crippen LogP contribution is 2.22. The molecule has 5 heteroatoms. The highest BCUT2D eigenvalue weighted by Gasteiger charge is 2.16. The Morgan fingerprint density at radius 2 is 1.96 bits per heavy atom. The van der Waals surface area contributed by atoms with Gasteiger partial charge in [0.05, 0.1) is 13.4 Å². The molecule has 0 bridgehead atoms. The fraction of sp³-hybridized carbons (Fsp3) is 0.286. The number of ether oxygens (including phenoxy) is 1. The summed E-state index contributed by atoms with van der Waals surface area (Å²) in [5.74, 6) is 1.82. The van der Waals surface area contributed by atoms with Gasteiger partial charge in [-0.05, 0) is 53.6 Å². The molecule has 0 aliphatic rings. The molecule has 1 aromatic heterocycles. The van der Waals surface area contributed by atoms with Crippen molar-refractivity contribution in [3.8, 4) is 5.75 Å². The third-order valence-corrected chi connectivity index (χ3v) is 4.60.